The normalized spacial score (nSPS) is 11.9. The van der Waals surface area contributed by atoms with Crippen molar-refractivity contribution in [1.29, 1.82) is 0 Å². The molecule has 0 saturated carbocycles. The number of benzene rings is 1. The van der Waals surface area contributed by atoms with Gasteiger partial charge in [-0.05, 0) is 34.5 Å². The van der Waals surface area contributed by atoms with Gasteiger partial charge in [0.2, 0.25) is 5.91 Å². The summed E-state index contributed by atoms with van der Waals surface area (Å²) >= 11 is 3.15. The van der Waals surface area contributed by atoms with Crippen LogP contribution in [0.25, 0.3) is 0 Å². The van der Waals surface area contributed by atoms with E-state index < -0.39 is 17.9 Å². The first-order chi connectivity index (χ1) is 9.49. The van der Waals surface area contributed by atoms with Crippen LogP contribution in [-0.2, 0) is 4.79 Å². The van der Waals surface area contributed by atoms with Crippen LogP contribution in [0.5, 0.6) is 0 Å². The molecule has 20 heavy (non-hydrogen) atoms. The fraction of sp³-hybridized carbons (Fsp3) is 0.143. The SMILES string of the molecule is Cc1cc(Br)oc1C(=O)NC(C(N)=O)c1ccccc1. The topological polar surface area (TPSA) is 85.3 Å². The molecule has 2 rings (SSSR count). The van der Waals surface area contributed by atoms with E-state index in [0.29, 0.717) is 15.8 Å². The molecule has 1 aromatic carbocycles. The van der Waals surface area contributed by atoms with Gasteiger partial charge in [-0.25, -0.2) is 0 Å². The molecule has 6 heteroatoms. The molecule has 2 amide bonds. The average molecular weight is 337 g/mol. The third-order valence-corrected chi connectivity index (χ3v) is 3.18. The summed E-state index contributed by atoms with van der Waals surface area (Å²) < 4.78 is 5.70. The first-order valence-electron chi connectivity index (χ1n) is 5.90. The molecule has 1 atom stereocenters. The van der Waals surface area contributed by atoms with Gasteiger partial charge in [-0.2, -0.15) is 0 Å². The number of halogens is 1. The number of nitrogens with one attached hydrogen (secondary N) is 1. The molecule has 1 heterocycles. The Morgan fingerprint density at radius 3 is 2.45 bits per heavy atom. The lowest BCUT2D eigenvalue weighted by Gasteiger charge is -2.15. The van der Waals surface area contributed by atoms with Gasteiger partial charge in [0.15, 0.2) is 10.4 Å². The second-order valence-corrected chi connectivity index (χ2v) is 5.06. The van der Waals surface area contributed by atoms with Crippen molar-refractivity contribution in [2.75, 3.05) is 0 Å². The molecular weight excluding hydrogens is 324 g/mol. The fourth-order valence-corrected chi connectivity index (χ4v) is 2.33. The number of aryl methyl sites for hydroxylation is 1. The molecule has 0 fully saturated rings. The Bertz CT molecular complexity index is 637. The molecule has 0 aliphatic rings. The number of hydrogen-bond acceptors (Lipinski definition) is 3. The molecule has 0 saturated heterocycles. The number of amides is 2. The Morgan fingerprint density at radius 2 is 1.95 bits per heavy atom. The molecule has 0 aliphatic carbocycles. The lowest BCUT2D eigenvalue weighted by Crippen LogP contribution is -2.37. The van der Waals surface area contributed by atoms with Crippen molar-refractivity contribution < 1.29 is 14.0 Å². The average Bonchev–Trinajstić information content (AvgIpc) is 2.75. The van der Waals surface area contributed by atoms with E-state index in [1.165, 1.54) is 0 Å². The highest BCUT2D eigenvalue weighted by molar-refractivity contribution is 9.10. The van der Waals surface area contributed by atoms with E-state index >= 15 is 0 Å². The van der Waals surface area contributed by atoms with Crippen LogP contribution in [0.2, 0.25) is 0 Å². The van der Waals surface area contributed by atoms with Gasteiger partial charge in [-0.3, -0.25) is 9.59 Å². The smallest absolute Gasteiger partial charge is 0.288 e. The first kappa shape index (κ1) is 14.3. The minimum Gasteiger partial charge on any atom is -0.444 e. The van der Waals surface area contributed by atoms with Gasteiger partial charge in [0, 0.05) is 5.56 Å². The van der Waals surface area contributed by atoms with Gasteiger partial charge < -0.3 is 15.5 Å². The number of carbonyl (C=O) groups is 2. The third kappa shape index (κ3) is 3.08. The molecule has 104 valence electrons. The van der Waals surface area contributed by atoms with E-state index in [2.05, 4.69) is 21.2 Å². The van der Waals surface area contributed by atoms with Crippen LogP contribution in [0.15, 0.2) is 45.5 Å². The maximum absolute atomic E-state index is 12.1. The number of carbonyl (C=O) groups excluding carboxylic acids is 2. The van der Waals surface area contributed by atoms with Crippen molar-refractivity contribution in [3.8, 4) is 0 Å². The predicted molar refractivity (Wildman–Crippen MR) is 77.0 cm³/mol. The largest absolute Gasteiger partial charge is 0.444 e. The van der Waals surface area contributed by atoms with Crippen molar-refractivity contribution in [3.05, 3.63) is 58.0 Å². The van der Waals surface area contributed by atoms with E-state index in [4.69, 9.17) is 10.2 Å². The second-order valence-electron chi connectivity index (χ2n) is 4.28. The standard InChI is InChI=1S/C14H13BrN2O3/c1-8-7-10(15)20-12(8)14(19)17-11(13(16)18)9-5-3-2-4-6-9/h2-7,11H,1H3,(H2,16,18)(H,17,19). The second kappa shape index (κ2) is 5.92. The Morgan fingerprint density at radius 1 is 1.30 bits per heavy atom. The molecule has 0 radical (unpaired) electrons. The van der Waals surface area contributed by atoms with Crippen molar-refractivity contribution in [3.63, 3.8) is 0 Å². The number of primary amides is 1. The Kier molecular flexibility index (Phi) is 4.24. The van der Waals surface area contributed by atoms with Crippen LogP contribution >= 0.6 is 15.9 Å². The summed E-state index contributed by atoms with van der Waals surface area (Å²) in [4.78, 5) is 23.7. The quantitative estimate of drug-likeness (QED) is 0.898. The van der Waals surface area contributed by atoms with E-state index in [1.54, 1.807) is 37.3 Å². The minimum atomic E-state index is -0.896. The summed E-state index contributed by atoms with van der Waals surface area (Å²) in [5.41, 5.74) is 6.64. The molecule has 0 spiro atoms. The lowest BCUT2D eigenvalue weighted by molar-refractivity contribution is -0.120. The van der Waals surface area contributed by atoms with Crippen LogP contribution < -0.4 is 11.1 Å². The van der Waals surface area contributed by atoms with E-state index in [0.717, 1.165) is 0 Å². The summed E-state index contributed by atoms with van der Waals surface area (Å²) in [5, 5.41) is 2.58. The number of furan rings is 1. The van der Waals surface area contributed by atoms with Crippen LogP contribution in [0.1, 0.15) is 27.7 Å². The van der Waals surface area contributed by atoms with Crippen molar-refractivity contribution in [2.45, 2.75) is 13.0 Å². The lowest BCUT2D eigenvalue weighted by atomic mass is 10.1. The monoisotopic (exact) mass is 336 g/mol. The van der Waals surface area contributed by atoms with Crippen molar-refractivity contribution in [2.24, 2.45) is 5.73 Å². The third-order valence-electron chi connectivity index (χ3n) is 2.79. The van der Waals surface area contributed by atoms with Gasteiger partial charge in [0.1, 0.15) is 6.04 Å². The molecule has 5 nitrogen and oxygen atoms in total. The maximum Gasteiger partial charge on any atom is 0.288 e. The number of nitrogens with two attached hydrogens (primary N) is 1. The predicted octanol–water partition coefficient (Wildman–Crippen LogP) is 2.31. The highest BCUT2D eigenvalue weighted by Gasteiger charge is 2.23. The fourth-order valence-electron chi connectivity index (χ4n) is 1.83. The van der Waals surface area contributed by atoms with E-state index in [9.17, 15) is 9.59 Å². The number of rotatable bonds is 4. The number of hydrogen-bond donors (Lipinski definition) is 2. The minimum absolute atomic E-state index is 0.152. The Balaban J connectivity index is 2.23. The molecule has 3 N–H and O–H groups in total. The van der Waals surface area contributed by atoms with Crippen LogP contribution in [0.4, 0.5) is 0 Å². The summed E-state index contributed by atoms with van der Waals surface area (Å²) in [6, 6.07) is 9.58. The maximum atomic E-state index is 12.1. The van der Waals surface area contributed by atoms with Crippen LogP contribution in [0.3, 0.4) is 0 Å². The Labute approximate surface area is 124 Å². The molecular formula is C14H13BrN2O3. The van der Waals surface area contributed by atoms with Gasteiger partial charge >= 0.3 is 0 Å². The molecule has 2 aromatic rings. The summed E-state index contributed by atoms with van der Waals surface area (Å²) in [5.74, 6) is -0.965. The zero-order valence-corrected chi connectivity index (χ0v) is 12.3. The van der Waals surface area contributed by atoms with E-state index in [1.807, 2.05) is 6.07 Å². The first-order valence-corrected chi connectivity index (χ1v) is 6.69. The van der Waals surface area contributed by atoms with Crippen molar-refractivity contribution in [1.82, 2.24) is 5.32 Å². The van der Waals surface area contributed by atoms with Gasteiger partial charge in [0.05, 0.1) is 0 Å². The Hall–Kier alpha value is -2.08. The van der Waals surface area contributed by atoms with Crippen molar-refractivity contribution >= 4 is 27.7 Å². The van der Waals surface area contributed by atoms with E-state index in [-0.39, 0.29) is 5.76 Å². The molecule has 0 aliphatic heterocycles. The summed E-state index contributed by atoms with van der Waals surface area (Å²) in [7, 11) is 0. The van der Waals surface area contributed by atoms with Crippen LogP contribution in [-0.4, -0.2) is 11.8 Å². The highest BCUT2D eigenvalue weighted by Crippen LogP contribution is 2.20. The van der Waals surface area contributed by atoms with Crippen LogP contribution in [0, 0.1) is 6.92 Å². The van der Waals surface area contributed by atoms with Gasteiger partial charge in [-0.15, -0.1) is 0 Å². The van der Waals surface area contributed by atoms with Gasteiger partial charge in [-0.1, -0.05) is 30.3 Å². The zero-order valence-electron chi connectivity index (χ0n) is 10.7. The highest BCUT2D eigenvalue weighted by atomic mass is 79.9. The molecule has 0 bridgehead atoms. The molecule has 1 unspecified atom stereocenters. The summed E-state index contributed by atoms with van der Waals surface area (Å²) in [6.45, 7) is 1.74. The van der Waals surface area contributed by atoms with Gasteiger partial charge in [0.25, 0.3) is 5.91 Å². The summed E-state index contributed by atoms with van der Waals surface area (Å²) in [6.07, 6.45) is 0. The zero-order chi connectivity index (χ0) is 14.7. The molecule has 1 aromatic heterocycles.